The van der Waals surface area contributed by atoms with Gasteiger partial charge >= 0.3 is 24.4 Å². The minimum atomic E-state index is -0.893. The molecule has 1 aromatic carbocycles. The van der Waals surface area contributed by atoms with Crippen molar-refractivity contribution in [2.75, 3.05) is 41.8 Å². The van der Waals surface area contributed by atoms with Crippen molar-refractivity contribution < 1.29 is 47.3 Å². The van der Waals surface area contributed by atoms with Crippen LogP contribution in [-0.4, -0.2) is 88.4 Å². The van der Waals surface area contributed by atoms with Crippen LogP contribution in [0.5, 0.6) is 5.88 Å². The molecule has 0 spiro atoms. The minimum Gasteiger partial charge on any atom is -0.474 e. The summed E-state index contributed by atoms with van der Waals surface area (Å²) in [7, 11) is 0. The Morgan fingerprint density at radius 1 is 0.815 bits per heavy atom. The first-order valence-corrected chi connectivity index (χ1v) is 17.8. The smallest absolute Gasteiger partial charge is 0.415 e. The van der Waals surface area contributed by atoms with E-state index in [-0.39, 0.29) is 59.4 Å². The summed E-state index contributed by atoms with van der Waals surface area (Å²) in [6, 6.07) is 3.06. The number of benzene rings is 1. The third-order valence-electron chi connectivity index (χ3n) is 8.83. The van der Waals surface area contributed by atoms with Gasteiger partial charge in [0, 0.05) is 53.8 Å². The average molecular weight is 751 g/mol. The number of pyridine rings is 2. The largest absolute Gasteiger partial charge is 0.474 e. The van der Waals surface area contributed by atoms with Crippen molar-refractivity contribution in [3.05, 3.63) is 35.9 Å². The van der Waals surface area contributed by atoms with E-state index >= 15 is 4.39 Å². The van der Waals surface area contributed by atoms with Crippen LogP contribution in [0.4, 0.5) is 40.8 Å². The predicted octanol–water partition coefficient (Wildman–Crippen LogP) is 7.64. The van der Waals surface area contributed by atoms with E-state index in [1.54, 1.807) is 74.1 Å². The number of nitrogens with one attached hydrogen (secondary N) is 2. The van der Waals surface area contributed by atoms with Crippen LogP contribution < -0.4 is 20.3 Å². The molecule has 3 aromatic rings. The Bertz CT molecular complexity index is 2010. The lowest BCUT2D eigenvalue weighted by Gasteiger charge is -2.32. The molecule has 2 fully saturated rings. The number of fused-ring (bicyclic) bond motifs is 3. The molecule has 4 heterocycles. The average Bonchev–Trinajstić information content (AvgIpc) is 3.44. The molecule has 0 radical (unpaired) electrons. The second-order valence-electron chi connectivity index (χ2n) is 16.7. The Morgan fingerprint density at radius 2 is 1.44 bits per heavy atom. The second-order valence-corrected chi connectivity index (χ2v) is 16.7. The van der Waals surface area contributed by atoms with Crippen molar-refractivity contribution in [1.82, 2.24) is 14.9 Å². The van der Waals surface area contributed by atoms with E-state index in [1.807, 2.05) is 0 Å². The Kier molecular flexibility index (Phi) is 9.78. The van der Waals surface area contributed by atoms with Crippen LogP contribution in [0.1, 0.15) is 67.9 Å². The Hall–Kier alpha value is -5.41. The first kappa shape index (κ1) is 38.3. The molecule has 1 saturated carbocycles. The molecule has 2 N–H and O–H groups in total. The number of carbonyl (C=O) groups excluding carboxylic acids is 4. The van der Waals surface area contributed by atoms with Gasteiger partial charge in [-0.2, -0.15) is 0 Å². The number of ether oxygens (including phenoxy) is 5. The molecule has 6 rings (SSSR count). The van der Waals surface area contributed by atoms with Crippen LogP contribution in [0.2, 0.25) is 0 Å². The number of amides is 4. The Labute approximate surface area is 312 Å². The lowest BCUT2D eigenvalue weighted by molar-refractivity contribution is 0.0244. The van der Waals surface area contributed by atoms with E-state index in [9.17, 15) is 19.2 Å². The molecular weight excluding hydrogens is 703 g/mol. The molecule has 290 valence electrons. The highest BCUT2D eigenvalue weighted by atomic mass is 19.1. The number of piperidine rings is 1. The van der Waals surface area contributed by atoms with E-state index in [2.05, 4.69) is 20.6 Å². The van der Waals surface area contributed by atoms with E-state index < -0.39 is 47.0 Å². The summed E-state index contributed by atoms with van der Waals surface area (Å²) in [4.78, 5) is 63.4. The quantitative estimate of drug-likeness (QED) is 0.251. The summed E-state index contributed by atoms with van der Waals surface area (Å²) in [5.74, 6) is -0.497. The lowest BCUT2D eigenvalue weighted by Crippen LogP contribution is -2.42. The standard InChI is InChI=1S/C38H47FN6O9/c1-19-22(15-41-31-29(19)45(11-12-50-31)35(49)54-38(8,9)10)21-13-20-14-26(40-16-23(20)28(27(21)39)43-33(47)52-36(2,3)4)42-32(46)51-30-24-17-44(18-25(24)30)34(48)53-37(5,6)7/h13-16,24-25,30H,11-12,17-18H2,1-10H3,(H,43,47)(H,40,42,46)/t24-,25+,30?. The Morgan fingerprint density at radius 3 is 2.07 bits per heavy atom. The molecule has 3 aliphatic rings. The fraction of sp³-hybridized carbons (Fsp3) is 0.526. The van der Waals surface area contributed by atoms with Crippen LogP contribution in [0.15, 0.2) is 24.5 Å². The SMILES string of the molecule is Cc1c(-c2cc3cc(NC(=O)OC4[C@H]5CN(C(=O)OC(C)(C)C)C[C@@H]45)ncc3c(NC(=O)OC(C)(C)C)c2F)cnc2c1N(C(=O)OC(C)(C)C)CCO2. The van der Waals surface area contributed by atoms with Crippen molar-refractivity contribution in [3.63, 3.8) is 0 Å². The minimum absolute atomic E-state index is 0.00459. The molecule has 1 saturated heterocycles. The number of nitrogens with zero attached hydrogens (tertiary/aromatic N) is 4. The van der Waals surface area contributed by atoms with Crippen molar-refractivity contribution in [3.8, 4) is 17.0 Å². The molecule has 1 aliphatic carbocycles. The molecular formula is C38H47FN6O9. The topological polar surface area (TPSA) is 171 Å². The van der Waals surface area contributed by atoms with Gasteiger partial charge in [0.25, 0.3) is 0 Å². The van der Waals surface area contributed by atoms with Crippen LogP contribution >= 0.6 is 0 Å². The maximum absolute atomic E-state index is 16.7. The normalized spacial score (nSPS) is 19.3. The molecule has 2 aliphatic heterocycles. The van der Waals surface area contributed by atoms with Crippen LogP contribution in [0.3, 0.4) is 0 Å². The van der Waals surface area contributed by atoms with E-state index in [1.165, 1.54) is 29.4 Å². The summed E-state index contributed by atoms with van der Waals surface area (Å²) in [6.45, 7) is 18.7. The van der Waals surface area contributed by atoms with Gasteiger partial charge in [-0.15, -0.1) is 0 Å². The van der Waals surface area contributed by atoms with Gasteiger partial charge < -0.3 is 28.6 Å². The van der Waals surface area contributed by atoms with E-state index in [0.717, 1.165) is 0 Å². The van der Waals surface area contributed by atoms with Crippen LogP contribution in [-0.2, 0) is 18.9 Å². The number of anilines is 3. The number of hydrogen-bond donors (Lipinski definition) is 2. The molecule has 0 bridgehead atoms. The van der Waals surface area contributed by atoms with Gasteiger partial charge in [0.15, 0.2) is 5.82 Å². The van der Waals surface area contributed by atoms with Gasteiger partial charge in [0.05, 0.1) is 12.2 Å². The fourth-order valence-corrected chi connectivity index (χ4v) is 6.55. The first-order chi connectivity index (χ1) is 25.1. The lowest BCUT2D eigenvalue weighted by atomic mass is 9.96. The zero-order valence-corrected chi connectivity index (χ0v) is 32.2. The predicted molar refractivity (Wildman–Crippen MR) is 197 cm³/mol. The monoisotopic (exact) mass is 750 g/mol. The summed E-state index contributed by atoms with van der Waals surface area (Å²) in [6.07, 6.45) is -0.243. The highest BCUT2D eigenvalue weighted by molar-refractivity contribution is 6.05. The zero-order valence-electron chi connectivity index (χ0n) is 32.2. The van der Waals surface area contributed by atoms with Gasteiger partial charge in [0.2, 0.25) is 5.88 Å². The second kappa shape index (κ2) is 13.8. The van der Waals surface area contributed by atoms with E-state index in [0.29, 0.717) is 35.3 Å². The first-order valence-electron chi connectivity index (χ1n) is 17.8. The summed E-state index contributed by atoms with van der Waals surface area (Å²) >= 11 is 0. The van der Waals surface area contributed by atoms with Gasteiger partial charge in [-0.25, -0.2) is 33.5 Å². The van der Waals surface area contributed by atoms with Gasteiger partial charge in [-0.3, -0.25) is 15.5 Å². The molecule has 54 heavy (non-hydrogen) atoms. The van der Waals surface area contributed by atoms with Gasteiger partial charge in [-0.1, -0.05) is 0 Å². The van der Waals surface area contributed by atoms with Crippen LogP contribution in [0.25, 0.3) is 21.9 Å². The molecule has 1 unspecified atom stereocenters. The highest BCUT2D eigenvalue weighted by Crippen LogP contribution is 2.48. The summed E-state index contributed by atoms with van der Waals surface area (Å²) < 4.78 is 44.7. The number of rotatable bonds is 4. The van der Waals surface area contributed by atoms with Crippen molar-refractivity contribution in [2.45, 2.75) is 92.1 Å². The van der Waals surface area contributed by atoms with Gasteiger partial charge in [-0.05, 0) is 92.3 Å². The number of likely N-dealkylation sites (tertiary alicyclic amines) is 1. The number of hydrogen-bond acceptors (Lipinski definition) is 11. The van der Waals surface area contributed by atoms with Crippen LogP contribution in [0, 0.1) is 24.6 Å². The maximum atomic E-state index is 16.7. The molecule has 15 nitrogen and oxygen atoms in total. The number of carbonyl (C=O) groups is 4. The summed E-state index contributed by atoms with van der Waals surface area (Å²) in [5, 5.41) is 5.81. The molecule has 4 amide bonds. The zero-order chi connectivity index (χ0) is 39.5. The maximum Gasteiger partial charge on any atom is 0.415 e. The molecule has 2 aromatic heterocycles. The fourth-order valence-electron chi connectivity index (χ4n) is 6.55. The van der Waals surface area contributed by atoms with Crippen molar-refractivity contribution in [1.29, 1.82) is 0 Å². The number of halogens is 1. The summed E-state index contributed by atoms with van der Waals surface area (Å²) in [5.41, 5.74) is -1.32. The van der Waals surface area contributed by atoms with Gasteiger partial charge in [0.1, 0.15) is 41.0 Å². The van der Waals surface area contributed by atoms with E-state index in [4.69, 9.17) is 23.7 Å². The Balaban J connectivity index is 1.29. The number of aromatic nitrogens is 2. The third-order valence-corrected chi connectivity index (χ3v) is 8.83. The van der Waals surface area contributed by atoms with Crippen molar-refractivity contribution in [2.24, 2.45) is 11.8 Å². The van der Waals surface area contributed by atoms with Crippen molar-refractivity contribution >= 4 is 52.3 Å². The molecule has 16 heteroatoms. The third kappa shape index (κ3) is 8.37. The molecule has 3 atom stereocenters. The highest BCUT2D eigenvalue weighted by Gasteiger charge is 2.60.